The fourth-order valence-electron chi connectivity index (χ4n) is 1.23. The molecule has 0 spiro atoms. The predicted octanol–water partition coefficient (Wildman–Crippen LogP) is 2.09. The van der Waals surface area contributed by atoms with Gasteiger partial charge in [-0.3, -0.25) is 0 Å². The van der Waals surface area contributed by atoms with E-state index in [0.717, 1.165) is 12.1 Å². The molecule has 1 heterocycles. The van der Waals surface area contributed by atoms with Crippen molar-refractivity contribution in [3.8, 4) is 5.75 Å². The lowest BCUT2D eigenvalue weighted by molar-refractivity contribution is 0.0692. The van der Waals surface area contributed by atoms with Crippen LogP contribution in [-0.4, -0.2) is 16.2 Å². The Balaban J connectivity index is 2.07. The Kier molecular flexibility index (Phi) is 3.04. The van der Waals surface area contributed by atoms with Crippen molar-refractivity contribution in [2.75, 3.05) is 0 Å². The second kappa shape index (κ2) is 4.65. The summed E-state index contributed by atoms with van der Waals surface area (Å²) in [6, 6.07) is 5.15. The minimum atomic E-state index is -1.32. The standard InChI is InChI=1S/C11H8FNO4/c12-10-5-7(1-2-9(10)11(14)15)16-6-8-3-4-13-17-8/h1-5H,6H2,(H,14,15). The molecule has 0 aliphatic rings. The van der Waals surface area contributed by atoms with Crippen LogP contribution < -0.4 is 4.74 Å². The van der Waals surface area contributed by atoms with E-state index in [1.807, 2.05) is 0 Å². The molecule has 0 aliphatic heterocycles. The van der Waals surface area contributed by atoms with E-state index in [0.29, 0.717) is 5.76 Å². The molecule has 88 valence electrons. The number of hydrogen-bond donors (Lipinski definition) is 1. The van der Waals surface area contributed by atoms with Gasteiger partial charge in [-0.1, -0.05) is 5.16 Å². The molecule has 6 heteroatoms. The number of carbonyl (C=O) groups is 1. The molecule has 0 saturated heterocycles. The third kappa shape index (κ3) is 2.60. The van der Waals surface area contributed by atoms with E-state index in [1.165, 1.54) is 12.3 Å². The van der Waals surface area contributed by atoms with Crippen molar-refractivity contribution in [3.05, 3.63) is 47.6 Å². The largest absolute Gasteiger partial charge is 0.485 e. The molecule has 5 nitrogen and oxygen atoms in total. The molecule has 1 aromatic carbocycles. The molecule has 0 aliphatic carbocycles. The highest BCUT2D eigenvalue weighted by molar-refractivity contribution is 5.88. The number of halogens is 1. The summed E-state index contributed by atoms with van der Waals surface area (Å²) in [4.78, 5) is 10.6. The highest BCUT2D eigenvalue weighted by Crippen LogP contribution is 2.17. The van der Waals surface area contributed by atoms with Gasteiger partial charge in [-0.25, -0.2) is 9.18 Å². The Morgan fingerprint density at radius 2 is 2.29 bits per heavy atom. The lowest BCUT2D eigenvalue weighted by Gasteiger charge is -2.04. The van der Waals surface area contributed by atoms with Crippen LogP contribution in [0.25, 0.3) is 0 Å². The number of nitrogens with zero attached hydrogens (tertiary/aromatic N) is 1. The quantitative estimate of drug-likeness (QED) is 0.881. The van der Waals surface area contributed by atoms with Crippen LogP contribution in [0.15, 0.2) is 35.0 Å². The van der Waals surface area contributed by atoms with Crippen LogP contribution in [0.2, 0.25) is 0 Å². The van der Waals surface area contributed by atoms with Gasteiger partial charge in [0.15, 0.2) is 5.76 Å². The number of benzene rings is 1. The molecule has 0 bridgehead atoms. The summed E-state index contributed by atoms with van der Waals surface area (Å²) >= 11 is 0. The summed E-state index contributed by atoms with van der Waals surface area (Å²) in [7, 11) is 0. The molecule has 0 fully saturated rings. The maximum atomic E-state index is 13.3. The van der Waals surface area contributed by atoms with E-state index in [4.69, 9.17) is 14.4 Å². The van der Waals surface area contributed by atoms with Gasteiger partial charge in [0, 0.05) is 12.1 Å². The van der Waals surface area contributed by atoms with Crippen molar-refractivity contribution in [1.29, 1.82) is 0 Å². The van der Waals surface area contributed by atoms with E-state index in [-0.39, 0.29) is 12.4 Å². The number of aromatic carboxylic acids is 1. The van der Waals surface area contributed by atoms with Gasteiger partial charge in [-0.2, -0.15) is 0 Å². The summed E-state index contributed by atoms with van der Waals surface area (Å²) in [5, 5.41) is 12.1. The van der Waals surface area contributed by atoms with Crippen LogP contribution in [0, 0.1) is 5.82 Å². The molecular weight excluding hydrogens is 229 g/mol. The maximum Gasteiger partial charge on any atom is 0.338 e. The zero-order valence-corrected chi connectivity index (χ0v) is 8.59. The normalized spacial score (nSPS) is 10.2. The van der Waals surface area contributed by atoms with Gasteiger partial charge >= 0.3 is 5.97 Å². The van der Waals surface area contributed by atoms with Crippen LogP contribution in [0.5, 0.6) is 5.75 Å². The van der Waals surface area contributed by atoms with Crippen molar-refractivity contribution in [2.24, 2.45) is 0 Å². The number of ether oxygens (including phenoxy) is 1. The van der Waals surface area contributed by atoms with Gasteiger partial charge < -0.3 is 14.4 Å². The van der Waals surface area contributed by atoms with E-state index < -0.39 is 17.3 Å². The van der Waals surface area contributed by atoms with E-state index in [9.17, 15) is 9.18 Å². The molecule has 1 N–H and O–H groups in total. The molecule has 0 saturated carbocycles. The summed E-state index contributed by atoms with van der Waals surface area (Å²) in [5.74, 6) is -1.44. The smallest absolute Gasteiger partial charge is 0.338 e. The average molecular weight is 237 g/mol. The third-order valence-corrected chi connectivity index (χ3v) is 2.04. The second-order valence-electron chi connectivity index (χ2n) is 3.21. The van der Waals surface area contributed by atoms with Crippen molar-refractivity contribution in [3.63, 3.8) is 0 Å². The highest BCUT2D eigenvalue weighted by Gasteiger charge is 2.11. The van der Waals surface area contributed by atoms with Crippen molar-refractivity contribution < 1.29 is 23.6 Å². The van der Waals surface area contributed by atoms with Crippen LogP contribution >= 0.6 is 0 Å². The Morgan fingerprint density at radius 1 is 1.47 bits per heavy atom. The summed E-state index contributed by atoms with van der Waals surface area (Å²) in [6.07, 6.45) is 1.47. The predicted molar refractivity (Wildman–Crippen MR) is 54.2 cm³/mol. The Morgan fingerprint density at radius 3 is 2.88 bits per heavy atom. The molecule has 1 aromatic heterocycles. The Labute approximate surface area is 95.4 Å². The highest BCUT2D eigenvalue weighted by atomic mass is 19.1. The Hall–Kier alpha value is -2.37. The van der Waals surface area contributed by atoms with Crippen molar-refractivity contribution >= 4 is 5.97 Å². The molecule has 0 radical (unpaired) electrons. The van der Waals surface area contributed by atoms with E-state index >= 15 is 0 Å². The molecule has 0 atom stereocenters. The van der Waals surface area contributed by atoms with Crippen molar-refractivity contribution in [1.82, 2.24) is 5.16 Å². The zero-order chi connectivity index (χ0) is 12.3. The van der Waals surface area contributed by atoms with Gasteiger partial charge in [0.05, 0.1) is 11.8 Å². The van der Waals surface area contributed by atoms with Crippen LogP contribution in [0.1, 0.15) is 16.1 Å². The first-order chi connectivity index (χ1) is 8.16. The first-order valence-electron chi connectivity index (χ1n) is 4.72. The first-order valence-corrected chi connectivity index (χ1v) is 4.72. The Bertz CT molecular complexity index is 524. The van der Waals surface area contributed by atoms with Crippen LogP contribution in [-0.2, 0) is 6.61 Å². The molecule has 0 amide bonds. The molecular formula is C11H8FNO4. The van der Waals surface area contributed by atoms with Crippen LogP contribution in [0.4, 0.5) is 4.39 Å². The minimum absolute atomic E-state index is 0.103. The molecule has 2 aromatic rings. The minimum Gasteiger partial charge on any atom is -0.485 e. The fraction of sp³-hybridized carbons (Fsp3) is 0.0909. The second-order valence-corrected chi connectivity index (χ2v) is 3.21. The van der Waals surface area contributed by atoms with E-state index in [2.05, 4.69) is 5.16 Å². The van der Waals surface area contributed by atoms with Crippen molar-refractivity contribution in [2.45, 2.75) is 6.61 Å². The van der Waals surface area contributed by atoms with Gasteiger partial charge in [-0.05, 0) is 12.1 Å². The average Bonchev–Trinajstić information content (AvgIpc) is 2.78. The maximum absolute atomic E-state index is 13.3. The molecule has 2 rings (SSSR count). The SMILES string of the molecule is O=C(O)c1ccc(OCc2ccno2)cc1F. The summed E-state index contributed by atoms with van der Waals surface area (Å²) < 4.78 is 23.3. The number of aromatic nitrogens is 1. The number of carboxylic acid groups (broad SMARTS) is 1. The first kappa shape index (κ1) is 11.1. The number of hydrogen-bond acceptors (Lipinski definition) is 4. The summed E-state index contributed by atoms with van der Waals surface area (Å²) in [5.41, 5.74) is -0.392. The zero-order valence-electron chi connectivity index (χ0n) is 8.59. The van der Waals surface area contributed by atoms with E-state index in [1.54, 1.807) is 6.07 Å². The lowest BCUT2D eigenvalue weighted by atomic mass is 10.2. The fourth-order valence-corrected chi connectivity index (χ4v) is 1.23. The summed E-state index contributed by atoms with van der Waals surface area (Å²) in [6.45, 7) is 0.103. The van der Waals surface area contributed by atoms with Gasteiger partial charge in [0.2, 0.25) is 0 Å². The topological polar surface area (TPSA) is 72.6 Å². The van der Waals surface area contributed by atoms with Gasteiger partial charge in [0.25, 0.3) is 0 Å². The lowest BCUT2D eigenvalue weighted by Crippen LogP contribution is -2.01. The van der Waals surface area contributed by atoms with Gasteiger partial charge in [-0.15, -0.1) is 0 Å². The molecule has 17 heavy (non-hydrogen) atoms. The monoisotopic (exact) mass is 237 g/mol. The number of rotatable bonds is 4. The number of carboxylic acids is 1. The third-order valence-electron chi connectivity index (χ3n) is 2.04. The molecule has 0 unspecified atom stereocenters. The van der Waals surface area contributed by atoms with Crippen LogP contribution in [0.3, 0.4) is 0 Å². The van der Waals surface area contributed by atoms with Gasteiger partial charge in [0.1, 0.15) is 18.2 Å².